The lowest BCUT2D eigenvalue weighted by Gasteiger charge is -2.15. The van der Waals surface area contributed by atoms with Crippen molar-refractivity contribution in [3.63, 3.8) is 0 Å². The van der Waals surface area contributed by atoms with Gasteiger partial charge in [0, 0.05) is 25.2 Å². The molecule has 0 unspecified atom stereocenters. The Kier molecular flexibility index (Phi) is 6.90. The molecule has 1 saturated carbocycles. The minimum Gasteiger partial charge on any atom is -0.493 e. The Morgan fingerprint density at radius 2 is 2.05 bits per heavy atom. The zero-order valence-electron chi connectivity index (χ0n) is 12.1. The van der Waals surface area contributed by atoms with Gasteiger partial charge in [-0.3, -0.25) is 4.99 Å². The Hall–Kier alpha value is -1.18. The van der Waals surface area contributed by atoms with Gasteiger partial charge in [-0.2, -0.15) is 0 Å². The predicted molar refractivity (Wildman–Crippen MR) is 91.3 cm³/mol. The molecule has 0 atom stereocenters. The van der Waals surface area contributed by atoms with E-state index in [2.05, 4.69) is 15.6 Å². The second kappa shape index (κ2) is 8.18. The number of rotatable bonds is 5. The average Bonchev–Trinajstić information content (AvgIpc) is 3.26. The van der Waals surface area contributed by atoms with Crippen molar-refractivity contribution in [2.45, 2.75) is 25.4 Å². The molecule has 1 aliphatic carbocycles. The quantitative estimate of drug-likeness (QED) is 0.459. The van der Waals surface area contributed by atoms with Gasteiger partial charge in [0.2, 0.25) is 0 Å². The van der Waals surface area contributed by atoms with E-state index in [1.165, 1.54) is 12.8 Å². The number of para-hydroxylation sites is 1. The van der Waals surface area contributed by atoms with E-state index in [0.29, 0.717) is 12.6 Å². The number of ether oxygens (including phenoxy) is 2. The summed E-state index contributed by atoms with van der Waals surface area (Å²) in [5.74, 6) is 2.33. The Balaban J connectivity index is 0.00000200. The zero-order valence-corrected chi connectivity index (χ0v) is 14.4. The number of hydrogen-bond acceptors (Lipinski definition) is 3. The largest absolute Gasteiger partial charge is 0.493 e. The van der Waals surface area contributed by atoms with Crippen LogP contribution in [0, 0.1) is 0 Å². The topological polar surface area (TPSA) is 54.9 Å². The Morgan fingerprint density at radius 3 is 2.60 bits per heavy atom. The van der Waals surface area contributed by atoms with E-state index in [0.717, 1.165) is 23.0 Å². The summed E-state index contributed by atoms with van der Waals surface area (Å²) < 4.78 is 10.7. The third kappa shape index (κ3) is 4.43. The van der Waals surface area contributed by atoms with Crippen LogP contribution < -0.4 is 20.1 Å². The van der Waals surface area contributed by atoms with E-state index in [4.69, 9.17) is 9.47 Å². The molecular weight excluding hydrogens is 369 g/mol. The van der Waals surface area contributed by atoms with Gasteiger partial charge in [0.15, 0.2) is 17.5 Å². The molecule has 0 spiro atoms. The molecule has 1 aromatic carbocycles. The zero-order chi connectivity index (χ0) is 13.7. The normalized spacial score (nSPS) is 14.2. The fraction of sp³-hybridized carbons (Fsp3) is 0.500. The van der Waals surface area contributed by atoms with Crippen molar-refractivity contribution in [1.82, 2.24) is 10.6 Å². The van der Waals surface area contributed by atoms with Gasteiger partial charge in [-0.15, -0.1) is 24.0 Å². The molecule has 1 aromatic rings. The van der Waals surface area contributed by atoms with E-state index >= 15 is 0 Å². The highest BCUT2D eigenvalue weighted by Crippen LogP contribution is 2.30. The van der Waals surface area contributed by atoms with E-state index < -0.39 is 0 Å². The van der Waals surface area contributed by atoms with Crippen LogP contribution >= 0.6 is 24.0 Å². The van der Waals surface area contributed by atoms with Crippen LogP contribution in [0.5, 0.6) is 11.5 Å². The molecule has 0 bridgehead atoms. The Labute approximate surface area is 137 Å². The lowest BCUT2D eigenvalue weighted by Crippen LogP contribution is -2.38. The minimum absolute atomic E-state index is 0. The standard InChI is InChI=1S/C14H21N3O2.HI/c1-15-14(17-11-7-8-11)16-9-10-5-4-6-12(18-2)13(10)19-3;/h4-6,11H,7-9H2,1-3H3,(H2,15,16,17);1H. The molecule has 112 valence electrons. The fourth-order valence-electron chi connectivity index (χ4n) is 1.89. The van der Waals surface area contributed by atoms with E-state index in [1.807, 2.05) is 18.2 Å². The summed E-state index contributed by atoms with van der Waals surface area (Å²) in [6.07, 6.45) is 2.45. The average molecular weight is 391 g/mol. The lowest BCUT2D eigenvalue weighted by atomic mass is 10.2. The van der Waals surface area contributed by atoms with Gasteiger partial charge in [-0.05, 0) is 18.9 Å². The van der Waals surface area contributed by atoms with Crippen LogP contribution in [-0.4, -0.2) is 33.3 Å². The number of aliphatic imine (C=N–C) groups is 1. The first-order chi connectivity index (χ1) is 9.28. The lowest BCUT2D eigenvalue weighted by molar-refractivity contribution is 0.351. The maximum absolute atomic E-state index is 5.40. The molecule has 20 heavy (non-hydrogen) atoms. The van der Waals surface area contributed by atoms with Crippen LogP contribution in [-0.2, 0) is 6.54 Å². The van der Waals surface area contributed by atoms with E-state index in [1.54, 1.807) is 21.3 Å². The predicted octanol–water partition coefficient (Wildman–Crippen LogP) is 2.15. The van der Waals surface area contributed by atoms with Crippen LogP contribution in [0.2, 0.25) is 0 Å². The first-order valence-electron chi connectivity index (χ1n) is 6.45. The highest BCUT2D eigenvalue weighted by molar-refractivity contribution is 14.0. The molecule has 0 aliphatic heterocycles. The number of hydrogen-bond donors (Lipinski definition) is 2. The maximum Gasteiger partial charge on any atom is 0.191 e. The number of nitrogens with zero attached hydrogens (tertiary/aromatic N) is 1. The smallest absolute Gasteiger partial charge is 0.191 e. The highest BCUT2D eigenvalue weighted by Gasteiger charge is 2.22. The van der Waals surface area contributed by atoms with Crippen molar-refractivity contribution < 1.29 is 9.47 Å². The van der Waals surface area contributed by atoms with Crippen LogP contribution in [0.25, 0.3) is 0 Å². The Bertz CT molecular complexity index is 462. The summed E-state index contributed by atoms with van der Waals surface area (Å²) >= 11 is 0. The number of methoxy groups -OCH3 is 2. The summed E-state index contributed by atoms with van der Waals surface area (Å²) in [5.41, 5.74) is 1.04. The number of halogens is 1. The van der Waals surface area contributed by atoms with Gasteiger partial charge in [0.25, 0.3) is 0 Å². The molecule has 0 radical (unpaired) electrons. The van der Waals surface area contributed by atoms with Crippen molar-refractivity contribution >= 4 is 29.9 Å². The molecule has 2 N–H and O–H groups in total. The summed E-state index contributed by atoms with van der Waals surface area (Å²) in [6.45, 7) is 0.646. The van der Waals surface area contributed by atoms with Gasteiger partial charge in [0.1, 0.15) is 0 Å². The summed E-state index contributed by atoms with van der Waals surface area (Å²) in [7, 11) is 5.07. The van der Waals surface area contributed by atoms with Crippen LogP contribution in [0.3, 0.4) is 0 Å². The monoisotopic (exact) mass is 391 g/mol. The van der Waals surface area contributed by atoms with Crippen molar-refractivity contribution in [1.29, 1.82) is 0 Å². The van der Waals surface area contributed by atoms with Gasteiger partial charge in [0.05, 0.1) is 14.2 Å². The molecule has 2 rings (SSSR count). The molecule has 1 fully saturated rings. The molecule has 1 aliphatic rings. The number of benzene rings is 1. The van der Waals surface area contributed by atoms with Crippen molar-refractivity contribution in [3.05, 3.63) is 23.8 Å². The van der Waals surface area contributed by atoms with Crippen LogP contribution in [0.4, 0.5) is 0 Å². The van der Waals surface area contributed by atoms with Crippen molar-refractivity contribution in [2.75, 3.05) is 21.3 Å². The van der Waals surface area contributed by atoms with Gasteiger partial charge < -0.3 is 20.1 Å². The molecular formula is C14H22IN3O2. The Morgan fingerprint density at radius 1 is 1.30 bits per heavy atom. The molecule has 0 aromatic heterocycles. The minimum atomic E-state index is 0. The van der Waals surface area contributed by atoms with Crippen LogP contribution in [0.15, 0.2) is 23.2 Å². The molecule has 5 nitrogen and oxygen atoms in total. The molecule has 6 heteroatoms. The van der Waals surface area contributed by atoms with Gasteiger partial charge >= 0.3 is 0 Å². The second-order valence-electron chi connectivity index (χ2n) is 4.50. The number of nitrogens with one attached hydrogen (secondary N) is 2. The third-order valence-electron chi connectivity index (χ3n) is 3.07. The van der Waals surface area contributed by atoms with E-state index in [-0.39, 0.29) is 24.0 Å². The summed E-state index contributed by atoms with van der Waals surface area (Å²) in [6, 6.07) is 6.44. The highest BCUT2D eigenvalue weighted by atomic mass is 127. The summed E-state index contributed by atoms with van der Waals surface area (Å²) in [5, 5.41) is 6.63. The first kappa shape index (κ1) is 16.9. The summed E-state index contributed by atoms with van der Waals surface area (Å²) in [4.78, 5) is 4.20. The van der Waals surface area contributed by atoms with Gasteiger partial charge in [-0.25, -0.2) is 0 Å². The fourth-order valence-corrected chi connectivity index (χ4v) is 1.89. The first-order valence-corrected chi connectivity index (χ1v) is 6.45. The SMILES string of the molecule is CN=C(NCc1cccc(OC)c1OC)NC1CC1.I. The van der Waals surface area contributed by atoms with Gasteiger partial charge in [-0.1, -0.05) is 12.1 Å². The molecule has 0 amide bonds. The number of guanidine groups is 1. The third-order valence-corrected chi connectivity index (χ3v) is 3.07. The van der Waals surface area contributed by atoms with E-state index in [9.17, 15) is 0 Å². The van der Waals surface area contributed by atoms with Crippen molar-refractivity contribution in [3.8, 4) is 11.5 Å². The maximum atomic E-state index is 5.40. The molecule has 0 heterocycles. The molecule has 0 saturated heterocycles. The second-order valence-corrected chi connectivity index (χ2v) is 4.50. The van der Waals surface area contributed by atoms with Crippen LogP contribution in [0.1, 0.15) is 18.4 Å². The van der Waals surface area contributed by atoms with Crippen molar-refractivity contribution in [2.24, 2.45) is 4.99 Å².